The van der Waals surface area contributed by atoms with E-state index in [-0.39, 0.29) is 35.7 Å². The zero-order valence-corrected chi connectivity index (χ0v) is 19.6. The number of nitro benzene ring substituents is 1. The summed E-state index contributed by atoms with van der Waals surface area (Å²) in [4.78, 5) is 48.6. The van der Waals surface area contributed by atoms with Gasteiger partial charge in [-0.15, -0.1) is 0 Å². The third-order valence-electron chi connectivity index (χ3n) is 6.10. The van der Waals surface area contributed by atoms with E-state index in [4.69, 9.17) is 5.11 Å². The van der Waals surface area contributed by atoms with Crippen molar-refractivity contribution >= 4 is 29.1 Å². The van der Waals surface area contributed by atoms with E-state index in [0.717, 1.165) is 5.56 Å². The predicted octanol–water partition coefficient (Wildman–Crippen LogP) is 4.78. The van der Waals surface area contributed by atoms with E-state index < -0.39 is 34.4 Å². The Morgan fingerprint density at radius 3 is 2.17 bits per heavy atom. The first-order valence-electron chi connectivity index (χ1n) is 11.5. The molecule has 1 atom stereocenters. The molecule has 1 aliphatic rings. The Balaban J connectivity index is 2.00. The van der Waals surface area contributed by atoms with Gasteiger partial charge in [-0.1, -0.05) is 44.5 Å². The van der Waals surface area contributed by atoms with Crippen LogP contribution in [0.5, 0.6) is 0 Å². The summed E-state index contributed by atoms with van der Waals surface area (Å²) >= 11 is 0. The minimum absolute atomic E-state index is 0.0268. The van der Waals surface area contributed by atoms with Crippen LogP contribution in [-0.2, 0) is 14.4 Å². The van der Waals surface area contributed by atoms with Gasteiger partial charge in [-0.25, -0.2) is 0 Å². The number of hydrogen-bond donors (Lipinski definition) is 2. The first kappa shape index (κ1) is 25.6. The molecule has 1 saturated heterocycles. The number of unbranched alkanes of at least 4 members (excludes halogenated alkanes) is 2. The lowest BCUT2D eigenvalue weighted by Gasteiger charge is -2.25. The maximum absolute atomic E-state index is 13.0. The number of benzene rings is 2. The maximum atomic E-state index is 13.0. The highest BCUT2D eigenvalue weighted by molar-refractivity contribution is 6.46. The summed E-state index contributed by atoms with van der Waals surface area (Å²) < 4.78 is 0. The molecule has 1 heterocycles. The monoisotopic (exact) mass is 480 g/mol. The van der Waals surface area contributed by atoms with Crippen molar-refractivity contribution in [2.24, 2.45) is 0 Å². The van der Waals surface area contributed by atoms with Crippen molar-refractivity contribution < 1.29 is 29.5 Å². The second-order valence-electron chi connectivity index (χ2n) is 8.82. The number of non-ortho nitro benzene ring substituents is 1. The van der Waals surface area contributed by atoms with Gasteiger partial charge in [0.2, 0.25) is 0 Å². The highest BCUT2D eigenvalue weighted by Crippen LogP contribution is 2.40. The molecule has 0 bridgehead atoms. The van der Waals surface area contributed by atoms with Crippen LogP contribution in [0.1, 0.15) is 68.2 Å². The molecule has 1 fully saturated rings. The Labute approximate surface area is 202 Å². The molecule has 9 heteroatoms. The molecule has 2 aromatic carbocycles. The average Bonchev–Trinajstić information content (AvgIpc) is 3.08. The Morgan fingerprint density at radius 1 is 1.00 bits per heavy atom. The van der Waals surface area contributed by atoms with Crippen LogP contribution >= 0.6 is 0 Å². The number of nitro groups is 1. The van der Waals surface area contributed by atoms with Gasteiger partial charge in [-0.05, 0) is 42.0 Å². The fourth-order valence-corrected chi connectivity index (χ4v) is 4.15. The summed E-state index contributed by atoms with van der Waals surface area (Å²) in [7, 11) is 0. The number of nitrogens with zero attached hydrogens (tertiary/aromatic N) is 2. The van der Waals surface area contributed by atoms with E-state index in [1.54, 1.807) is 0 Å². The average molecular weight is 481 g/mol. The van der Waals surface area contributed by atoms with Crippen LogP contribution in [0.3, 0.4) is 0 Å². The fourth-order valence-electron chi connectivity index (χ4n) is 4.15. The van der Waals surface area contributed by atoms with Crippen LogP contribution in [-0.4, -0.2) is 44.2 Å². The molecule has 1 unspecified atom stereocenters. The second kappa shape index (κ2) is 10.9. The number of hydrogen-bond acceptors (Lipinski definition) is 6. The van der Waals surface area contributed by atoms with Crippen molar-refractivity contribution in [2.75, 3.05) is 6.54 Å². The van der Waals surface area contributed by atoms with Gasteiger partial charge in [0.15, 0.2) is 0 Å². The number of carbonyl (C=O) groups excluding carboxylic acids is 2. The summed E-state index contributed by atoms with van der Waals surface area (Å²) in [5, 5.41) is 30.8. The van der Waals surface area contributed by atoms with Gasteiger partial charge in [-0.2, -0.15) is 0 Å². The van der Waals surface area contributed by atoms with Crippen molar-refractivity contribution in [3.8, 4) is 0 Å². The zero-order chi connectivity index (χ0) is 25.7. The Morgan fingerprint density at radius 2 is 1.63 bits per heavy atom. The Bertz CT molecular complexity index is 1150. The van der Waals surface area contributed by atoms with Crippen molar-refractivity contribution in [1.29, 1.82) is 0 Å². The van der Waals surface area contributed by atoms with E-state index in [2.05, 4.69) is 0 Å². The molecule has 2 aromatic rings. The largest absolute Gasteiger partial charge is 0.507 e. The summed E-state index contributed by atoms with van der Waals surface area (Å²) in [6, 6.07) is 11.8. The molecule has 9 nitrogen and oxygen atoms in total. The molecule has 0 aromatic heterocycles. The number of carboxylic acids is 1. The third-order valence-corrected chi connectivity index (χ3v) is 6.10. The number of rotatable bonds is 10. The lowest BCUT2D eigenvalue weighted by atomic mass is 9.93. The van der Waals surface area contributed by atoms with Gasteiger partial charge < -0.3 is 15.1 Å². The number of Topliss-reactive ketones (excluding diaryl/α,β-unsaturated/α-hetero) is 1. The summed E-state index contributed by atoms with van der Waals surface area (Å²) in [5.74, 6) is -2.58. The van der Waals surface area contributed by atoms with Crippen LogP contribution < -0.4 is 0 Å². The fraction of sp³-hybridized carbons (Fsp3) is 0.346. The van der Waals surface area contributed by atoms with Crippen molar-refractivity contribution in [1.82, 2.24) is 4.90 Å². The van der Waals surface area contributed by atoms with Gasteiger partial charge in [0, 0.05) is 30.7 Å². The van der Waals surface area contributed by atoms with Crippen molar-refractivity contribution in [3.05, 3.63) is 80.9 Å². The number of likely N-dealkylation sites (tertiary alicyclic amines) is 1. The van der Waals surface area contributed by atoms with Gasteiger partial charge in [-0.3, -0.25) is 24.5 Å². The van der Waals surface area contributed by atoms with Crippen LogP contribution in [0.15, 0.2) is 54.1 Å². The molecule has 1 aliphatic heterocycles. The lowest BCUT2D eigenvalue weighted by Crippen LogP contribution is -2.30. The standard InChI is InChI=1S/C26H28N2O7/c1-16(2)17-7-9-18(10-8-17)23-22(24(31)19-11-13-20(14-12-19)28(34)35)25(32)26(33)27(23)15-5-3-4-6-21(29)30/h7-14,16,23,31H,3-6,15H2,1-2H3,(H,29,30). The molecule has 0 spiro atoms. The highest BCUT2D eigenvalue weighted by atomic mass is 16.6. The minimum Gasteiger partial charge on any atom is -0.507 e. The number of aliphatic hydroxyl groups is 1. The predicted molar refractivity (Wildman–Crippen MR) is 129 cm³/mol. The second-order valence-corrected chi connectivity index (χ2v) is 8.82. The molecule has 184 valence electrons. The molecular formula is C26H28N2O7. The van der Waals surface area contributed by atoms with Gasteiger partial charge in [0.25, 0.3) is 17.4 Å². The number of carboxylic acid groups (broad SMARTS) is 1. The summed E-state index contributed by atoms with van der Waals surface area (Å²) in [6.07, 6.45) is 1.55. The number of ketones is 1. The van der Waals surface area contributed by atoms with Crippen LogP contribution in [0.25, 0.3) is 5.76 Å². The smallest absolute Gasteiger partial charge is 0.303 e. The van der Waals surface area contributed by atoms with E-state index in [1.165, 1.54) is 29.2 Å². The lowest BCUT2D eigenvalue weighted by molar-refractivity contribution is -0.384. The topological polar surface area (TPSA) is 138 Å². The SMILES string of the molecule is CC(C)c1ccc(C2C(=C(O)c3ccc([N+](=O)[O-])cc3)C(=O)C(=O)N2CCCCCC(=O)O)cc1. The summed E-state index contributed by atoms with van der Waals surface area (Å²) in [5.41, 5.74) is 1.69. The molecule has 1 amide bonds. The number of aliphatic carboxylic acids is 1. The van der Waals surface area contributed by atoms with E-state index >= 15 is 0 Å². The molecule has 3 rings (SSSR count). The Kier molecular flexibility index (Phi) is 8.01. The first-order chi connectivity index (χ1) is 16.6. The van der Waals surface area contributed by atoms with E-state index in [9.17, 15) is 29.6 Å². The number of amides is 1. The van der Waals surface area contributed by atoms with Gasteiger partial charge in [0.05, 0.1) is 16.5 Å². The Hall–Kier alpha value is -4.01. The minimum atomic E-state index is -0.890. The summed E-state index contributed by atoms with van der Waals surface area (Å²) in [6.45, 7) is 4.32. The highest BCUT2D eigenvalue weighted by Gasteiger charge is 2.45. The van der Waals surface area contributed by atoms with Crippen molar-refractivity contribution in [2.45, 2.75) is 51.5 Å². The third kappa shape index (κ3) is 5.74. The van der Waals surface area contributed by atoms with Crippen molar-refractivity contribution in [3.63, 3.8) is 0 Å². The maximum Gasteiger partial charge on any atom is 0.303 e. The molecule has 0 aliphatic carbocycles. The van der Waals surface area contributed by atoms with Crippen LogP contribution in [0.2, 0.25) is 0 Å². The van der Waals surface area contributed by atoms with Crippen LogP contribution in [0.4, 0.5) is 5.69 Å². The molecule has 0 saturated carbocycles. The quantitative estimate of drug-likeness (QED) is 0.125. The number of aliphatic hydroxyl groups excluding tert-OH is 1. The van der Waals surface area contributed by atoms with E-state index in [0.29, 0.717) is 24.8 Å². The van der Waals surface area contributed by atoms with Crippen LogP contribution in [0, 0.1) is 10.1 Å². The van der Waals surface area contributed by atoms with Gasteiger partial charge in [0.1, 0.15) is 5.76 Å². The molecule has 0 radical (unpaired) electrons. The van der Waals surface area contributed by atoms with Gasteiger partial charge >= 0.3 is 5.97 Å². The van der Waals surface area contributed by atoms with E-state index in [1.807, 2.05) is 38.1 Å². The molecule has 35 heavy (non-hydrogen) atoms. The first-order valence-corrected chi connectivity index (χ1v) is 11.5. The molecular weight excluding hydrogens is 452 g/mol. The zero-order valence-electron chi connectivity index (χ0n) is 19.6. The number of carbonyl (C=O) groups is 3. The normalized spacial score (nSPS) is 17.2. The molecule has 2 N–H and O–H groups in total.